The topological polar surface area (TPSA) is 57.9 Å². The van der Waals surface area contributed by atoms with E-state index in [-0.39, 0.29) is 24.0 Å². The van der Waals surface area contributed by atoms with Gasteiger partial charge in [0.05, 0.1) is 18.1 Å². The van der Waals surface area contributed by atoms with Crippen LogP contribution in [0.1, 0.15) is 5.82 Å². The lowest BCUT2D eigenvalue weighted by atomic mass is 10.2. The van der Waals surface area contributed by atoms with Gasteiger partial charge in [-0.3, -0.25) is 4.99 Å². The Balaban J connectivity index is 0.00000272. The van der Waals surface area contributed by atoms with Crippen LogP contribution in [0.25, 0.3) is 11.0 Å². The molecule has 0 unspecified atom stereocenters. The van der Waals surface area contributed by atoms with Gasteiger partial charge in [-0.1, -0.05) is 12.1 Å². The summed E-state index contributed by atoms with van der Waals surface area (Å²) >= 11 is 0. The van der Waals surface area contributed by atoms with Crippen LogP contribution in [0.2, 0.25) is 0 Å². The average molecular weight is 534 g/mol. The second-order valence-electron chi connectivity index (χ2n) is 7.45. The van der Waals surface area contributed by atoms with Gasteiger partial charge in [-0.25, -0.2) is 4.98 Å². The van der Waals surface area contributed by atoms with Crippen LogP contribution in [0, 0.1) is 6.92 Å². The summed E-state index contributed by atoms with van der Waals surface area (Å²) in [5.74, 6) is 2.90. The number of aryl methyl sites for hydroxylation is 1. The highest BCUT2D eigenvalue weighted by Gasteiger charge is 2.20. The molecule has 8 heteroatoms. The second-order valence-corrected chi connectivity index (χ2v) is 7.45. The van der Waals surface area contributed by atoms with E-state index in [1.807, 2.05) is 25.2 Å². The SMILES string of the molecule is CN=C(NCCn1c(C)nc2ccccc21)N1CCN(c2ccc(OC)cc2)CC1.I. The minimum atomic E-state index is 0. The second kappa shape index (κ2) is 10.7. The number of guanidine groups is 1. The van der Waals surface area contributed by atoms with Crippen LogP contribution in [0.4, 0.5) is 5.69 Å². The zero-order chi connectivity index (χ0) is 20.9. The molecule has 0 aliphatic carbocycles. The number of benzene rings is 2. The van der Waals surface area contributed by atoms with E-state index in [1.54, 1.807) is 7.11 Å². The first kappa shape index (κ1) is 23.2. The highest BCUT2D eigenvalue weighted by atomic mass is 127. The van der Waals surface area contributed by atoms with E-state index in [4.69, 9.17) is 4.74 Å². The first-order chi connectivity index (χ1) is 14.7. The molecular formula is C23H31IN6O. The van der Waals surface area contributed by atoms with E-state index in [0.29, 0.717) is 0 Å². The van der Waals surface area contributed by atoms with Gasteiger partial charge in [0.15, 0.2) is 5.96 Å². The largest absolute Gasteiger partial charge is 0.497 e. The van der Waals surface area contributed by atoms with Crippen molar-refractivity contribution >= 4 is 46.7 Å². The molecule has 2 heterocycles. The van der Waals surface area contributed by atoms with Gasteiger partial charge >= 0.3 is 0 Å². The van der Waals surface area contributed by atoms with Crippen molar-refractivity contribution in [3.63, 3.8) is 0 Å². The third-order valence-corrected chi connectivity index (χ3v) is 5.69. The standard InChI is InChI=1S/C23H30N6O.HI/c1-18-26-21-6-4-5-7-22(21)29(18)13-12-25-23(24-2)28-16-14-27(15-17-28)19-8-10-20(30-3)11-9-19;/h4-11H,12-17H2,1-3H3,(H,24,25);1H. The summed E-state index contributed by atoms with van der Waals surface area (Å²) in [6, 6.07) is 16.6. The highest BCUT2D eigenvalue weighted by Crippen LogP contribution is 2.20. The van der Waals surface area contributed by atoms with Crippen molar-refractivity contribution < 1.29 is 4.74 Å². The molecule has 7 nitrogen and oxygen atoms in total. The number of hydrogen-bond acceptors (Lipinski definition) is 4. The Morgan fingerprint density at radius 1 is 1.06 bits per heavy atom. The summed E-state index contributed by atoms with van der Waals surface area (Å²) in [5, 5.41) is 3.53. The fourth-order valence-electron chi connectivity index (χ4n) is 4.06. The van der Waals surface area contributed by atoms with E-state index in [2.05, 4.69) is 66.9 Å². The first-order valence-corrected chi connectivity index (χ1v) is 10.5. The minimum absolute atomic E-state index is 0. The molecule has 0 radical (unpaired) electrons. The van der Waals surface area contributed by atoms with Gasteiger partial charge in [-0.15, -0.1) is 24.0 Å². The highest BCUT2D eigenvalue weighted by molar-refractivity contribution is 14.0. The fraction of sp³-hybridized carbons (Fsp3) is 0.391. The lowest BCUT2D eigenvalue weighted by Crippen LogP contribution is -2.52. The van der Waals surface area contributed by atoms with E-state index < -0.39 is 0 Å². The number of rotatable bonds is 5. The van der Waals surface area contributed by atoms with Gasteiger partial charge in [0.2, 0.25) is 0 Å². The van der Waals surface area contributed by atoms with Gasteiger partial charge < -0.3 is 24.4 Å². The van der Waals surface area contributed by atoms with Crippen LogP contribution in [-0.4, -0.2) is 67.3 Å². The number of fused-ring (bicyclic) bond motifs is 1. The van der Waals surface area contributed by atoms with Crippen LogP contribution in [-0.2, 0) is 6.54 Å². The number of imidazole rings is 1. The fourth-order valence-corrected chi connectivity index (χ4v) is 4.06. The summed E-state index contributed by atoms with van der Waals surface area (Å²) in [6.45, 7) is 7.56. The van der Waals surface area contributed by atoms with Crippen molar-refractivity contribution in [2.45, 2.75) is 13.5 Å². The van der Waals surface area contributed by atoms with E-state index in [1.165, 1.54) is 11.2 Å². The normalized spacial score (nSPS) is 14.5. The lowest BCUT2D eigenvalue weighted by molar-refractivity contribution is 0.371. The van der Waals surface area contributed by atoms with Crippen LogP contribution in [0.5, 0.6) is 5.75 Å². The smallest absolute Gasteiger partial charge is 0.193 e. The number of ether oxygens (including phenoxy) is 1. The zero-order valence-corrected chi connectivity index (χ0v) is 20.7. The Labute approximate surface area is 201 Å². The third-order valence-electron chi connectivity index (χ3n) is 5.69. The maximum atomic E-state index is 5.26. The number of aromatic nitrogens is 2. The number of halogens is 1. The minimum Gasteiger partial charge on any atom is -0.497 e. The Morgan fingerprint density at radius 3 is 2.45 bits per heavy atom. The molecule has 31 heavy (non-hydrogen) atoms. The van der Waals surface area contributed by atoms with Gasteiger partial charge in [0.25, 0.3) is 0 Å². The predicted molar refractivity (Wildman–Crippen MR) is 138 cm³/mol. The molecule has 1 aromatic heterocycles. The summed E-state index contributed by atoms with van der Waals surface area (Å²) < 4.78 is 7.52. The van der Waals surface area contributed by atoms with Gasteiger partial charge in [0.1, 0.15) is 11.6 Å². The van der Waals surface area contributed by atoms with E-state index in [9.17, 15) is 0 Å². The maximum Gasteiger partial charge on any atom is 0.193 e. The number of anilines is 1. The molecule has 1 saturated heterocycles. The quantitative estimate of drug-likeness (QED) is 0.309. The molecule has 1 N–H and O–H groups in total. The van der Waals surface area contributed by atoms with Crippen LogP contribution < -0.4 is 15.0 Å². The molecule has 0 atom stereocenters. The van der Waals surface area contributed by atoms with Crippen molar-refractivity contribution in [2.24, 2.45) is 4.99 Å². The lowest BCUT2D eigenvalue weighted by Gasteiger charge is -2.37. The number of aliphatic imine (C=N–C) groups is 1. The molecule has 0 amide bonds. The number of piperazine rings is 1. The number of para-hydroxylation sites is 2. The molecule has 3 aromatic rings. The third kappa shape index (κ3) is 5.23. The van der Waals surface area contributed by atoms with Crippen molar-refractivity contribution in [3.05, 3.63) is 54.4 Å². The van der Waals surface area contributed by atoms with Crippen LogP contribution >= 0.6 is 24.0 Å². The number of nitrogens with zero attached hydrogens (tertiary/aromatic N) is 5. The van der Waals surface area contributed by atoms with Gasteiger partial charge in [-0.05, 0) is 43.3 Å². The molecule has 0 bridgehead atoms. The molecular weight excluding hydrogens is 503 g/mol. The monoisotopic (exact) mass is 534 g/mol. The van der Waals surface area contributed by atoms with E-state index >= 15 is 0 Å². The number of nitrogens with one attached hydrogen (secondary N) is 1. The molecule has 0 saturated carbocycles. The summed E-state index contributed by atoms with van der Waals surface area (Å²) in [7, 11) is 3.55. The summed E-state index contributed by atoms with van der Waals surface area (Å²) in [4.78, 5) is 13.9. The Hall–Kier alpha value is -2.49. The number of methoxy groups -OCH3 is 1. The Kier molecular flexibility index (Phi) is 8.00. The van der Waals surface area contributed by atoms with Gasteiger partial charge in [0, 0.05) is 52.0 Å². The van der Waals surface area contributed by atoms with Crippen LogP contribution in [0.15, 0.2) is 53.5 Å². The number of hydrogen-bond donors (Lipinski definition) is 1. The molecule has 1 fully saturated rings. The van der Waals surface area contributed by atoms with Gasteiger partial charge in [-0.2, -0.15) is 0 Å². The molecule has 0 spiro atoms. The van der Waals surface area contributed by atoms with Crippen molar-refractivity contribution in [3.8, 4) is 5.75 Å². The molecule has 4 rings (SSSR count). The average Bonchev–Trinajstić information content (AvgIpc) is 3.12. The predicted octanol–water partition coefficient (Wildman–Crippen LogP) is 3.37. The van der Waals surface area contributed by atoms with E-state index in [0.717, 1.165) is 62.3 Å². The molecule has 1 aliphatic heterocycles. The van der Waals surface area contributed by atoms with Crippen molar-refractivity contribution in [2.75, 3.05) is 51.8 Å². The zero-order valence-electron chi connectivity index (χ0n) is 18.4. The Bertz CT molecular complexity index is 1010. The molecule has 1 aliphatic rings. The molecule has 2 aromatic carbocycles. The maximum absolute atomic E-state index is 5.26. The summed E-state index contributed by atoms with van der Waals surface area (Å²) in [5.41, 5.74) is 3.47. The Morgan fingerprint density at radius 2 is 1.77 bits per heavy atom. The van der Waals surface area contributed by atoms with Crippen molar-refractivity contribution in [1.29, 1.82) is 0 Å². The molecule has 166 valence electrons. The summed E-state index contributed by atoms with van der Waals surface area (Å²) in [6.07, 6.45) is 0. The van der Waals surface area contributed by atoms with Crippen LogP contribution in [0.3, 0.4) is 0 Å². The first-order valence-electron chi connectivity index (χ1n) is 10.5. The van der Waals surface area contributed by atoms with Crippen molar-refractivity contribution in [1.82, 2.24) is 19.8 Å².